The average Bonchev–Trinajstić information content (AvgIpc) is 2.71. The van der Waals surface area contributed by atoms with Crippen LogP contribution < -0.4 is 0 Å². The van der Waals surface area contributed by atoms with E-state index in [1.165, 1.54) is 6.26 Å². The second kappa shape index (κ2) is 4.41. The zero-order valence-corrected chi connectivity index (χ0v) is 8.13. The van der Waals surface area contributed by atoms with Gasteiger partial charge in [0.2, 0.25) is 0 Å². The summed E-state index contributed by atoms with van der Waals surface area (Å²) in [7, 11) is 0. The van der Waals surface area contributed by atoms with Gasteiger partial charge in [0.1, 0.15) is 12.3 Å². The first-order chi connectivity index (χ1) is 7.27. The van der Waals surface area contributed by atoms with E-state index in [4.69, 9.17) is 14.4 Å². The Labute approximate surface area is 86.4 Å². The lowest BCUT2D eigenvalue weighted by Crippen LogP contribution is -2.49. The van der Waals surface area contributed by atoms with Gasteiger partial charge in [-0.3, -0.25) is 9.69 Å². The lowest BCUT2D eigenvalue weighted by Gasteiger charge is -2.32. The third-order valence-electron chi connectivity index (χ3n) is 2.39. The molecule has 2 rings (SSSR count). The van der Waals surface area contributed by atoms with E-state index in [2.05, 4.69) is 5.16 Å². The number of rotatable bonds is 3. The number of ether oxygens (including phenoxy) is 1. The predicted octanol–water partition coefficient (Wildman–Crippen LogP) is -0.0400. The van der Waals surface area contributed by atoms with Gasteiger partial charge in [0.25, 0.3) is 0 Å². The van der Waals surface area contributed by atoms with Crippen LogP contribution in [0.2, 0.25) is 0 Å². The van der Waals surface area contributed by atoms with Gasteiger partial charge in [-0.25, -0.2) is 0 Å². The van der Waals surface area contributed by atoms with Crippen molar-refractivity contribution in [3.05, 3.63) is 18.0 Å². The summed E-state index contributed by atoms with van der Waals surface area (Å²) >= 11 is 0. The average molecular weight is 212 g/mol. The largest absolute Gasteiger partial charge is 0.480 e. The molecule has 1 aliphatic heterocycles. The van der Waals surface area contributed by atoms with Crippen molar-refractivity contribution in [1.82, 2.24) is 10.1 Å². The molecule has 6 heteroatoms. The highest BCUT2D eigenvalue weighted by Crippen LogP contribution is 2.11. The van der Waals surface area contributed by atoms with Gasteiger partial charge in [0.15, 0.2) is 0 Å². The molecule has 0 aromatic carbocycles. The Morgan fingerprint density at radius 3 is 3.27 bits per heavy atom. The molecule has 0 saturated carbocycles. The van der Waals surface area contributed by atoms with Gasteiger partial charge in [0.05, 0.1) is 19.4 Å². The molecule has 1 saturated heterocycles. The van der Waals surface area contributed by atoms with Gasteiger partial charge in [-0.15, -0.1) is 0 Å². The number of carboxylic acids is 1. The number of aromatic nitrogens is 1. The van der Waals surface area contributed by atoms with Gasteiger partial charge >= 0.3 is 5.97 Å². The fraction of sp³-hybridized carbons (Fsp3) is 0.556. The second-order valence-electron chi connectivity index (χ2n) is 3.43. The Morgan fingerprint density at radius 2 is 2.60 bits per heavy atom. The van der Waals surface area contributed by atoms with E-state index in [1.807, 2.05) is 4.90 Å². The van der Waals surface area contributed by atoms with Crippen molar-refractivity contribution in [1.29, 1.82) is 0 Å². The van der Waals surface area contributed by atoms with Gasteiger partial charge in [-0.1, -0.05) is 5.16 Å². The first-order valence-corrected chi connectivity index (χ1v) is 4.70. The van der Waals surface area contributed by atoms with Crippen LogP contribution in [0.25, 0.3) is 0 Å². The maximum atomic E-state index is 10.9. The topological polar surface area (TPSA) is 75.8 Å². The molecule has 0 amide bonds. The van der Waals surface area contributed by atoms with Gasteiger partial charge in [-0.05, 0) is 0 Å². The standard InChI is InChI=1S/C9H12N2O4/c12-9(13)8-6-14-2-1-11(8)4-7-3-10-15-5-7/h3,5,8H,1-2,4,6H2,(H,12,13). The first-order valence-electron chi connectivity index (χ1n) is 4.70. The highest BCUT2D eigenvalue weighted by atomic mass is 16.5. The SMILES string of the molecule is O=C(O)C1COCCN1Cc1cnoc1. The number of carbonyl (C=O) groups is 1. The lowest BCUT2D eigenvalue weighted by atomic mass is 10.2. The van der Waals surface area contributed by atoms with Crippen molar-refractivity contribution in [3.8, 4) is 0 Å². The Bertz CT molecular complexity index is 325. The highest BCUT2D eigenvalue weighted by molar-refractivity contribution is 5.73. The minimum Gasteiger partial charge on any atom is -0.480 e. The van der Waals surface area contributed by atoms with Crippen molar-refractivity contribution in [2.75, 3.05) is 19.8 Å². The van der Waals surface area contributed by atoms with Crippen LogP contribution in [0, 0.1) is 0 Å². The summed E-state index contributed by atoms with van der Waals surface area (Å²) in [5.74, 6) is -0.855. The summed E-state index contributed by atoms with van der Waals surface area (Å²) < 4.78 is 9.83. The zero-order valence-electron chi connectivity index (χ0n) is 8.13. The monoisotopic (exact) mass is 212 g/mol. The lowest BCUT2D eigenvalue weighted by molar-refractivity contribution is -0.150. The molecular formula is C9H12N2O4. The second-order valence-corrected chi connectivity index (χ2v) is 3.43. The molecule has 1 aromatic heterocycles. The van der Waals surface area contributed by atoms with Crippen molar-refractivity contribution in [2.24, 2.45) is 0 Å². The summed E-state index contributed by atoms with van der Waals surface area (Å²) in [5.41, 5.74) is 0.878. The molecule has 0 aliphatic carbocycles. The number of nitrogens with zero attached hydrogens (tertiary/aromatic N) is 2. The summed E-state index contributed by atoms with van der Waals surface area (Å²) in [6, 6.07) is -0.575. The maximum absolute atomic E-state index is 10.9. The Kier molecular flexibility index (Phi) is 2.98. The molecule has 1 fully saturated rings. The smallest absolute Gasteiger partial charge is 0.323 e. The number of carboxylic acid groups (broad SMARTS) is 1. The molecule has 82 valence electrons. The van der Waals surface area contributed by atoms with E-state index < -0.39 is 12.0 Å². The van der Waals surface area contributed by atoms with Crippen LogP contribution in [0.5, 0.6) is 0 Å². The van der Waals surface area contributed by atoms with Crippen LogP contribution in [0.3, 0.4) is 0 Å². The molecular weight excluding hydrogens is 200 g/mol. The van der Waals surface area contributed by atoms with Crippen LogP contribution in [0.15, 0.2) is 17.0 Å². The third kappa shape index (κ3) is 2.34. The molecule has 1 aliphatic rings. The predicted molar refractivity (Wildman–Crippen MR) is 49.2 cm³/mol. The molecule has 1 atom stereocenters. The number of hydrogen-bond acceptors (Lipinski definition) is 5. The van der Waals surface area contributed by atoms with Crippen molar-refractivity contribution in [2.45, 2.75) is 12.6 Å². The fourth-order valence-electron chi connectivity index (χ4n) is 1.59. The van der Waals surface area contributed by atoms with E-state index in [0.29, 0.717) is 19.7 Å². The minimum absolute atomic E-state index is 0.237. The van der Waals surface area contributed by atoms with Crippen LogP contribution in [0.4, 0.5) is 0 Å². The molecule has 1 unspecified atom stereocenters. The summed E-state index contributed by atoms with van der Waals surface area (Å²) in [5, 5.41) is 12.6. The Hall–Kier alpha value is -1.40. The van der Waals surface area contributed by atoms with Crippen molar-refractivity contribution in [3.63, 3.8) is 0 Å². The van der Waals surface area contributed by atoms with Crippen LogP contribution in [0.1, 0.15) is 5.56 Å². The van der Waals surface area contributed by atoms with Crippen LogP contribution >= 0.6 is 0 Å². The Morgan fingerprint density at radius 1 is 1.73 bits per heavy atom. The molecule has 0 radical (unpaired) electrons. The van der Waals surface area contributed by atoms with E-state index in [1.54, 1.807) is 6.20 Å². The van der Waals surface area contributed by atoms with E-state index in [0.717, 1.165) is 5.56 Å². The summed E-state index contributed by atoms with van der Waals surface area (Å²) in [4.78, 5) is 12.8. The molecule has 2 heterocycles. The highest BCUT2D eigenvalue weighted by Gasteiger charge is 2.29. The van der Waals surface area contributed by atoms with Crippen LogP contribution in [-0.2, 0) is 16.1 Å². The first kappa shape index (κ1) is 10.1. The fourth-order valence-corrected chi connectivity index (χ4v) is 1.59. The van der Waals surface area contributed by atoms with Gasteiger partial charge in [-0.2, -0.15) is 0 Å². The summed E-state index contributed by atoms with van der Waals surface area (Å²) in [6.45, 7) is 1.95. The summed E-state index contributed by atoms with van der Waals surface area (Å²) in [6.07, 6.45) is 3.11. The maximum Gasteiger partial charge on any atom is 0.323 e. The zero-order chi connectivity index (χ0) is 10.7. The normalized spacial score (nSPS) is 22.8. The molecule has 1 aromatic rings. The van der Waals surface area contributed by atoms with Crippen molar-refractivity contribution >= 4 is 5.97 Å². The molecule has 0 bridgehead atoms. The third-order valence-corrected chi connectivity index (χ3v) is 2.39. The Balaban J connectivity index is 2.02. The van der Waals surface area contributed by atoms with Gasteiger partial charge in [0, 0.05) is 18.7 Å². The van der Waals surface area contributed by atoms with E-state index in [-0.39, 0.29) is 6.61 Å². The van der Waals surface area contributed by atoms with E-state index in [9.17, 15) is 4.79 Å². The number of hydrogen-bond donors (Lipinski definition) is 1. The quantitative estimate of drug-likeness (QED) is 0.757. The van der Waals surface area contributed by atoms with Gasteiger partial charge < -0.3 is 14.4 Å². The number of aliphatic carboxylic acids is 1. The number of morpholine rings is 1. The van der Waals surface area contributed by atoms with E-state index >= 15 is 0 Å². The minimum atomic E-state index is -0.855. The van der Waals surface area contributed by atoms with Crippen LogP contribution in [-0.4, -0.2) is 46.9 Å². The molecule has 6 nitrogen and oxygen atoms in total. The molecule has 15 heavy (non-hydrogen) atoms. The molecule has 1 N–H and O–H groups in total. The molecule has 0 spiro atoms. The van der Waals surface area contributed by atoms with Crippen molar-refractivity contribution < 1.29 is 19.2 Å².